The summed E-state index contributed by atoms with van der Waals surface area (Å²) in [5, 5.41) is 9.32. The van der Waals surface area contributed by atoms with Crippen LogP contribution in [0.3, 0.4) is 0 Å². The Balaban J connectivity index is 2.06. The van der Waals surface area contributed by atoms with Gasteiger partial charge in [-0.1, -0.05) is 12.1 Å². The monoisotopic (exact) mass is 357 g/mol. The van der Waals surface area contributed by atoms with E-state index in [4.69, 9.17) is 0 Å². The third-order valence-electron chi connectivity index (χ3n) is 3.58. The van der Waals surface area contributed by atoms with Gasteiger partial charge in [-0.2, -0.15) is 13.2 Å². The number of para-hydroxylation sites is 1. The molecule has 0 radical (unpaired) electrons. The molecule has 2 aromatic carbocycles. The number of rotatable bonds is 1. The maximum Gasteiger partial charge on any atom is 0.419 e. The van der Waals surface area contributed by atoms with E-state index in [9.17, 15) is 31.5 Å². The minimum absolute atomic E-state index is 0.0480. The van der Waals surface area contributed by atoms with E-state index in [1.165, 1.54) is 24.3 Å². The van der Waals surface area contributed by atoms with E-state index in [1.54, 1.807) is 0 Å². The Morgan fingerprint density at radius 2 is 1.79 bits per heavy atom. The Hall–Kier alpha value is -2.55. The number of carbonyl (C=O) groups is 1. The highest BCUT2D eigenvalue weighted by atomic mass is 32.2. The molecule has 0 aliphatic carbocycles. The van der Waals surface area contributed by atoms with Gasteiger partial charge in [-0.25, -0.2) is 8.42 Å². The fraction of sp³-hybridized carbons (Fsp3) is 0.133. The standard InChI is InChI=1S/C15H10F3NO4S/c16-15(17,18)10-7-9(5-6-12(10)20)14(21)19-8-24(22,23)13-4-2-1-3-11(13)19/h1-7,20H,8H2. The van der Waals surface area contributed by atoms with Crippen molar-refractivity contribution in [2.75, 3.05) is 10.8 Å². The third kappa shape index (κ3) is 2.60. The summed E-state index contributed by atoms with van der Waals surface area (Å²) in [7, 11) is -3.72. The molecule has 126 valence electrons. The lowest BCUT2D eigenvalue weighted by Crippen LogP contribution is -2.30. The number of anilines is 1. The lowest BCUT2D eigenvalue weighted by atomic mass is 10.1. The molecule has 1 heterocycles. The molecule has 2 aromatic rings. The number of alkyl halides is 3. The summed E-state index contributed by atoms with van der Waals surface area (Å²) in [6.07, 6.45) is -4.84. The van der Waals surface area contributed by atoms with Crippen molar-refractivity contribution in [2.45, 2.75) is 11.1 Å². The highest BCUT2D eigenvalue weighted by Gasteiger charge is 2.38. The number of hydrogen-bond acceptors (Lipinski definition) is 4. The molecular weight excluding hydrogens is 347 g/mol. The summed E-state index contributed by atoms with van der Waals surface area (Å²) in [5.74, 6) is -2.55. The molecule has 0 atom stereocenters. The Morgan fingerprint density at radius 1 is 1.12 bits per heavy atom. The van der Waals surface area contributed by atoms with Crippen LogP contribution < -0.4 is 4.90 Å². The number of benzene rings is 2. The molecule has 0 aromatic heterocycles. The maximum atomic E-state index is 12.9. The average Bonchev–Trinajstić information content (AvgIpc) is 2.78. The molecule has 1 N–H and O–H groups in total. The fourth-order valence-corrected chi connectivity index (χ4v) is 3.99. The van der Waals surface area contributed by atoms with Crippen molar-refractivity contribution in [2.24, 2.45) is 0 Å². The lowest BCUT2D eigenvalue weighted by molar-refractivity contribution is -0.138. The highest BCUT2D eigenvalue weighted by Crippen LogP contribution is 2.38. The van der Waals surface area contributed by atoms with Crippen LogP contribution in [0.15, 0.2) is 47.4 Å². The van der Waals surface area contributed by atoms with E-state index in [2.05, 4.69) is 0 Å². The van der Waals surface area contributed by atoms with Crippen molar-refractivity contribution in [3.8, 4) is 5.75 Å². The van der Waals surface area contributed by atoms with Crippen molar-refractivity contribution < 1.29 is 31.5 Å². The Bertz CT molecular complexity index is 938. The van der Waals surface area contributed by atoms with Gasteiger partial charge in [0.25, 0.3) is 5.91 Å². The number of nitrogens with zero attached hydrogens (tertiary/aromatic N) is 1. The molecular formula is C15H10F3NO4S. The van der Waals surface area contributed by atoms with Crippen LogP contribution in [0.2, 0.25) is 0 Å². The van der Waals surface area contributed by atoms with E-state index >= 15 is 0 Å². The van der Waals surface area contributed by atoms with Crippen molar-refractivity contribution in [3.63, 3.8) is 0 Å². The predicted molar refractivity (Wildman–Crippen MR) is 78.4 cm³/mol. The Kier molecular flexibility index (Phi) is 3.56. The van der Waals surface area contributed by atoms with Gasteiger partial charge in [0, 0.05) is 5.56 Å². The first-order valence-electron chi connectivity index (χ1n) is 6.65. The maximum absolute atomic E-state index is 12.9. The van der Waals surface area contributed by atoms with Gasteiger partial charge < -0.3 is 5.11 Å². The van der Waals surface area contributed by atoms with Gasteiger partial charge in [0.1, 0.15) is 11.6 Å². The lowest BCUT2D eigenvalue weighted by Gasteiger charge is -2.17. The summed E-state index contributed by atoms with van der Waals surface area (Å²) in [4.78, 5) is 13.4. The molecule has 0 spiro atoms. The summed E-state index contributed by atoms with van der Waals surface area (Å²) in [5.41, 5.74) is -1.61. The van der Waals surface area contributed by atoms with Gasteiger partial charge >= 0.3 is 6.18 Å². The molecule has 3 rings (SSSR count). The number of aromatic hydroxyl groups is 1. The first kappa shape index (κ1) is 16.3. The number of phenolic OH excluding ortho intramolecular Hbond substituents is 1. The summed E-state index contributed by atoms with van der Waals surface area (Å²) in [6, 6.07) is 8.03. The van der Waals surface area contributed by atoms with Crippen molar-refractivity contribution in [3.05, 3.63) is 53.6 Å². The zero-order valence-electron chi connectivity index (χ0n) is 11.9. The van der Waals surface area contributed by atoms with Crippen LogP contribution in [-0.2, 0) is 16.0 Å². The highest BCUT2D eigenvalue weighted by molar-refractivity contribution is 7.92. The molecule has 1 aliphatic rings. The number of phenols is 1. The van der Waals surface area contributed by atoms with Gasteiger partial charge in [-0.15, -0.1) is 0 Å². The van der Waals surface area contributed by atoms with Crippen LogP contribution in [0.4, 0.5) is 18.9 Å². The van der Waals surface area contributed by atoms with Crippen molar-refractivity contribution in [1.29, 1.82) is 0 Å². The van der Waals surface area contributed by atoms with Crippen LogP contribution in [-0.4, -0.2) is 25.3 Å². The number of carbonyl (C=O) groups excluding carboxylic acids is 1. The van der Waals surface area contributed by atoms with Crippen LogP contribution in [0.5, 0.6) is 5.75 Å². The van der Waals surface area contributed by atoms with Crippen LogP contribution >= 0.6 is 0 Å². The van der Waals surface area contributed by atoms with Crippen LogP contribution in [0, 0.1) is 0 Å². The second-order valence-corrected chi connectivity index (χ2v) is 7.10. The molecule has 0 saturated heterocycles. The largest absolute Gasteiger partial charge is 0.507 e. The topological polar surface area (TPSA) is 74.7 Å². The quantitative estimate of drug-likeness (QED) is 0.852. The SMILES string of the molecule is O=C(c1ccc(O)c(C(F)(F)F)c1)N1CS(=O)(=O)c2ccccc21. The van der Waals surface area contributed by atoms with E-state index in [0.29, 0.717) is 6.07 Å². The smallest absolute Gasteiger partial charge is 0.419 e. The molecule has 0 unspecified atom stereocenters. The third-order valence-corrected chi connectivity index (χ3v) is 5.20. The van der Waals surface area contributed by atoms with Gasteiger partial charge in [-0.3, -0.25) is 9.69 Å². The van der Waals surface area contributed by atoms with Gasteiger partial charge in [0.15, 0.2) is 9.84 Å². The number of fused-ring (bicyclic) bond motifs is 1. The Labute approximate surface area is 134 Å². The Morgan fingerprint density at radius 3 is 2.46 bits per heavy atom. The van der Waals surface area contributed by atoms with Gasteiger partial charge in [0.2, 0.25) is 0 Å². The van der Waals surface area contributed by atoms with E-state index in [-0.39, 0.29) is 16.1 Å². The first-order chi connectivity index (χ1) is 11.1. The molecule has 5 nitrogen and oxygen atoms in total. The molecule has 1 aliphatic heterocycles. The van der Waals surface area contributed by atoms with E-state index in [1.807, 2.05) is 0 Å². The first-order valence-corrected chi connectivity index (χ1v) is 8.30. The fourth-order valence-electron chi connectivity index (χ4n) is 2.47. The summed E-state index contributed by atoms with van der Waals surface area (Å²) in [6.45, 7) is 0. The average molecular weight is 357 g/mol. The molecule has 0 saturated carbocycles. The molecule has 24 heavy (non-hydrogen) atoms. The molecule has 0 fully saturated rings. The second-order valence-electron chi connectivity index (χ2n) is 5.17. The van der Waals surface area contributed by atoms with Crippen LogP contribution in [0.1, 0.15) is 15.9 Å². The zero-order chi connectivity index (χ0) is 17.7. The van der Waals surface area contributed by atoms with E-state index in [0.717, 1.165) is 17.0 Å². The summed E-state index contributed by atoms with van der Waals surface area (Å²) < 4.78 is 62.7. The second kappa shape index (κ2) is 5.23. The number of halogens is 3. The van der Waals surface area contributed by atoms with Crippen molar-refractivity contribution in [1.82, 2.24) is 0 Å². The molecule has 9 heteroatoms. The minimum Gasteiger partial charge on any atom is -0.507 e. The minimum atomic E-state index is -4.84. The molecule has 1 amide bonds. The van der Waals surface area contributed by atoms with Gasteiger partial charge in [-0.05, 0) is 30.3 Å². The van der Waals surface area contributed by atoms with Gasteiger partial charge in [0.05, 0.1) is 16.1 Å². The number of amides is 1. The van der Waals surface area contributed by atoms with Crippen molar-refractivity contribution >= 4 is 21.4 Å². The summed E-state index contributed by atoms with van der Waals surface area (Å²) >= 11 is 0. The van der Waals surface area contributed by atoms with E-state index < -0.39 is 39.1 Å². The predicted octanol–water partition coefficient (Wildman–Crippen LogP) is 2.80. The molecule has 0 bridgehead atoms. The number of hydrogen-bond donors (Lipinski definition) is 1. The number of sulfone groups is 1. The normalized spacial score (nSPS) is 16.0. The van der Waals surface area contributed by atoms with Crippen LogP contribution in [0.25, 0.3) is 0 Å². The zero-order valence-corrected chi connectivity index (χ0v) is 12.7.